The van der Waals surface area contributed by atoms with Crippen molar-refractivity contribution >= 4 is 5.84 Å². The summed E-state index contributed by atoms with van der Waals surface area (Å²) in [6, 6.07) is 0. The molecule has 0 saturated carbocycles. The highest BCUT2D eigenvalue weighted by molar-refractivity contribution is 5.92. The van der Waals surface area contributed by atoms with Crippen molar-refractivity contribution < 1.29 is 4.74 Å². The van der Waals surface area contributed by atoms with Crippen molar-refractivity contribution in [3.8, 4) is 5.88 Å². The van der Waals surface area contributed by atoms with Crippen LogP contribution in [0.5, 0.6) is 5.88 Å². The molecule has 0 atom stereocenters. The van der Waals surface area contributed by atoms with Gasteiger partial charge in [-0.3, -0.25) is 5.41 Å². The molecule has 0 aliphatic carbocycles. The average molecular weight is 237 g/mol. The van der Waals surface area contributed by atoms with Gasteiger partial charge < -0.3 is 15.4 Å². The van der Waals surface area contributed by atoms with Crippen LogP contribution in [0, 0.1) is 5.41 Å². The maximum atomic E-state index is 7.19. The number of rotatable bonds is 5. The fourth-order valence-electron chi connectivity index (χ4n) is 0.909. The lowest BCUT2D eigenvalue weighted by Gasteiger charge is -2.31. The maximum absolute atomic E-state index is 7.19. The monoisotopic (exact) mass is 237 g/mol. The molecule has 0 aliphatic rings. The fourth-order valence-corrected chi connectivity index (χ4v) is 0.909. The molecule has 0 saturated heterocycles. The number of hydrogen-bond donors (Lipinski definition) is 2. The number of nitrogens with two attached hydrogens (primary N) is 1. The molecule has 6 heteroatoms. The van der Waals surface area contributed by atoms with E-state index in [2.05, 4.69) is 28.7 Å². The predicted molar refractivity (Wildman–Crippen MR) is 66.3 cm³/mol. The van der Waals surface area contributed by atoms with Crippen LogP contribution in [-0.4, -0.2) is 46.9 Å². The van der Waals surface area contributed by atoms with Crippen LogP contribution in [-0.2, 0) is 0 Å². The Bertz CT molecular complexity index is 385. The molecule has 17 heavy (non-hydrogen) atoms. The van der Waals surface area contributed by atoms with Crippen LogP contribution in [0.2, 0.25) is 0 Å². The summed E-state index contributed by atoms with van der Waals surface area (Å²) in [6.45, 7) is 4.66. The molecule has 1 heterocycles. The van der Waals surface area contributed by atoms with Crippen molar-refractivity contribution in [3.05, 3.63) is 18.1 Å². The first-order valence-electron chi connectivity index (χ1n) is 5.29. The summed E-state index contributed by atoms with van der Waals surface area (Å²) < 4.78 is 5.54. The zero-order valence-electron chi connectivity index (χ0n) is 10.7. The molecule has 6 nitrogen and oxygen atoms in total. The van der Waals surface area contributed by atoms with Crippen LogP contribution in [0.3, 0.4) is 0 Å². The summed E-state index contributed by atoms with van der Waals surface area (Å²) in [5.74, 6) is 0.336. The summed E-state index contributed by atoms with van der Waals surface area (Å²) in [7, 11) is 3.99. The molecule has 0 aromatic carbocycles. The van der Waals surface area contributed by atoms with E-state index in [-0.39, 0.29) is 11.4 Å². The van der Waals surface area contributed by atoms with Gasteiger partial charge in [-0.05, 0) is 27.9 Å². The molecule has 0 spiro atoms. The minimum Gasteiger partial charge on any atom is -0.475 e. The van der Waals surface area contributed by atoms with E-state index >= 15 is 0 Å². The summed E-state index contributed by atoms with van der Waals surface area (Å²) >= 11 is 0. The first kappa shape index (κ1) is 13.4. The number of likely N-dealkylation sites (N-methyl/N-ethyl adjacent to an activating group) is 1. The Balaban J connectivity index is 2.62. The van der Waals surface area contributed by atoms with E-state index in [0.29, 0.717) is 18.2 Å². The summed E-state index contributed by atoms with van der Waals surface area (Å²) in [5, 5.41) is 7.19. The van der Waals surface area contributed by atoms with E-state index in [1.54, 1.807) is 0 Å². The standard InChI is InChI=1S/C11H19N5O/c1-11(2,16(3)4)7-17-9-6-14-8(5-15-9)10(12)13/h5-6H,7H2,1-4H3,(H3,12,13). The Morgan fingerprint density at radius 1 is 1.41 bits per heavy atom. The second-order valence-corrected chi connectivity index (χ2v) is 4.65. The van der Waals surface area contributed by atoms with Crippen molar-refractivity contribution in [1.82, 2.24) is 14.9 Å². The van der Waals surface area contributed by atoms with Crippen LogP contribution in [0.4, 0.5) is 0 Å². The normalized spacial score (nSPS) is 11.6. The van der Waals surface area contributed by atoms with Gasteiger partial charge in [0.2, 0.25) is 5.88 Å². The SMILES string of the molecule is CN(C)C(C)(C)COc1cnc(C(=N)N)cn1. The number of nitrogen functional groups attached to an aromatic ring is 1. The number of aromatic nitrogens is 2. The second kappa shape index (κ2) is 5.09. The average Bonchev–Trinajstić information content (AvgIpc) is 2.27. The lowest BCUT2D eigenvalue weighted by atomic mass is 10.1. The molecule has 1 aromatic rings. The third-order valence-electron chi connectivity index (χ3n) is 2.69. The smallest absolute Gasteiger partial charge is 0.232 e. The Morgan fingerprint density at radius 3 is 2.47 bits per heavy atom. The number of ether oxygens (including phenoxy) is 1. The lowest BCUT2D eigenvalue weighted by Crippen LogP contribution is -2.43. The topological polar surface area (TPSA) is 88.1 Å². The quantitative estimate of drug-likeness (QED) is 0.574. The Kier molecular flexibility index (Phi) is 4.01. The van der Waals surface area contributed by atoms with E-state index in [1.807, 2.05) is 14.1 Å². The van der Waals surface area contributed by atoms with Gasteiger partial charge in [0.1, 0.15) is 18.1 Å². The Labute approximate surface area is 101 Å². The van der Waals surface area contributed by atoms with E-state index in [4.69, 9.17) is 15.9 Å². The van der Waals surface area contributed by atoms with Crippen LogP contribution in [0.25, 0.3) is 0 Å². The number of nitrogens with zero attached hydrogens (tertiary/aromatic N) is 3. The first-order valence-corrected chi connectivity index (χ1v) is 5.29. The minimum absolute atomic E-state index is 0.0824. The van der Waals surface area contributed by atoms with Gasteiger partial charge in [-0.25, -0.2) is 9.97 Å². The minimum atomic E-state index is -0.0994. The van der Waals surface area contributed by atoms with Crippen molar-refractivity contribution in [2.24, 2.45) is 5.73 Å². The zero-order valence-corrected chi connectivity index (χ0v) is 10.7. The highest BCUT2D eigenvalue weighted by Gasteiger charge is 2.21. The first-order chi connectivity index (χ1) is 7.83. The van der Waals surface area contributed by atoms with Gasteiger partial charge in [0.15, 0.2) is 0 Å². The van der Waals surface area contributed by atoms with Crippen molar-refractivity contribution in [3.63, 3.8) is 0 Å². The van der Waals surface area contributed by atoms with E-state index < -0.39 is 0 Å². The lowest BCUT2D eigenvalue weighted by molar-refractivity contribution is 0.111. The Morgan fingerprint density at radius 2 is 2.06 bits per heavy atom. The van der Waals surface area contributed by atoms with Crippen molar-refractivity contribution in [2.45, 2.75) is 19.4 Å². The molecular formula is C11H19N5O. The largest absolute Gasteiger partial charge is 0.475 e. The second-order valence-electron chi connectivity index (χ2n) is 4.65. The van der Waals surface area contributed by atoms with E-state index in [9.17, 15) is 0 Å². The Hall–Kier alpha value is -1.69. The molecule has 94 valence electrons. The highest BCUT2D eigenvalue weighted by atomic mass is 16.5. The number of amidine groups is 1. The summed E-state index contributed by atoms with van der Waals surface area (Å²) in [4.78, 5) is 10.1. The highest BCUT2D eigenvalue weighted by Crippen LogP contribution is 2.12. The van der Waals surface area contributed by atoms with Gasteiger partial charge in [-0.1, -0.05) is 0 Å². The zero-order chi connectivity index (χ0) is 13.1. The van der Waals surface area contributed by atoms with Crippen LogP contribution in [0.15, 0.2) is 12.4 Å². The van der Waals surface area contributed by atoms with Crippen LogP contribution < -0.4 is 10.5 Å². The van der Waals surface area contributed by atoms with Crippen molar-refractivity contribution in [1.29, 1.82) is 5.41 Å². The van der Waals surface area contributed by atoms with E-state index in [1.165, 1.54) is 12.4 Å². The van der Waals surface area contributed by atoms with Gasteiger partial charge in [-0.2, -0.15) is 0 Å². The fraction of sp³-hybridized carbons (Fsp3) is 0.545. The van der Waals surface area contributed by atoms with Gasteiger partial charge in [0, 0.05) is 5.54 Å². The van der Waals surface area contributed by atoms with E-state index in [0.717, 1.165) is 0 Å². The summed E-state index contributed by atoms with van der Waals surface area (Å²) in [5.41, 5.74) is 5.55. The number of hydrogen-bond acceptors (Lipinski definition) is 5. The molecule has 1 aromatic heterocycles. The van der Waals surface area contributed by atoms with Crippen LogP contribution in [0.1, 0.15) is 19.5 Å². The molecule has 1 rings (SSSR count). The summed E-state index contributed by atoms with van der Waals surface area (Å²) in [6.07, 6.45) is 2.91. The third-order valence-corrected chi connectivity index (χ3v) is 2.69. The third kappa shape index (κ3) is 3.67. The van der Waals surface area contributed by atoms with Crippen molar-refractivity contribution in [2.75, 3.05) is 20.7 Å². The predicted octanol–water partition coefficient (Wildman–Crippen LogP) is 0.480. The molecule has 0 bridgehead atoms. The van der Waals surface area contributed by atoms with Crippen LogP contribution >= 0.6 is 0 Å². The van der Waals surface area contributed by atoms with Gasteiger partial charge in [0.05, 0.1) is 12.4 Å². The van der Waals surface area contributed by atoms with Gasteiger partial charge >= 0.3 is 0 Å². The maximum Gasteiger partial charge on any atom is 0.232 e. The molecular weight excluding hydrogens is 218 g/mol. The molecule has 0 unspecified atom stereocenters. The van der Waals surface area contributed by atoms with Gasteiger partial charge in [0.25, 0.3) is 0 Å². The molecule has 0 aliphatic heterocycles. The molecule has 0 radical (unpaired) electrons. The molecule has 3 N–H and O–H groups in total. The molecule has 0 fully saturated rings. The van der Waals surface area contributed by atoms with Gasteiger partial charge in [-0.15, -0.1) is 0 Å². The number of nitrogens with one attached hydrogen (secondary N) is 1. The molecule has 0 amide bonds.